The van der Waals surface area contributed by atoms with Crippen LogP contribution in [-0.2, 0) is 4.74 Å². The number of nitrogens with zero attached hydrogens (tertiary/aromatic N) is 1. The Morgan fingerprint density at radius 1 is 1.17 bits per heavy atom. The Balaban J connectivity index is 1.79. The molecule has 2 aromatic carbocycles. The van der Waals surface area contributed by atoms with Gasteiger partial charge in [-0.2, -0.15) is 0 Å². The Hall–Kier alpha value is -2.40. The molecule has 4 nitrogen and oxygen atoms in total. The highest BCUT2D eigenvalue weighted by atomic mass is 19.1. The van der Waals surface area contributed by atoms with Crippen LogP contribution in [0.4, 0.5) is 9.18 Å². The Labute approximate surface area is 140 Å². The maximum absolute atomic E-state index is 14.0. The number of para-hydroxylation sites is 1. The number of morpholine rings is 1. The molecule has 1 fully saturated rings. The first kappa shape index (κ1) is 16.5. The predicted molar refractivity (Wildman–Crippen MR) is 88.3 cm³/mol. The molecule has 5 heteroatoms. The molecule has 0 aliphatic carbocycles. The van der Waals surface area contributed by atoms with Crippen molar-refractivity contribution in [1.82, 2.24) is 4.90 Å². The Morgan fingerprint density at radius 3 is 2.54 bits per heavy atom. The van der Waals surface area contributed by atoms with Crippen molar-refractivity contribution >= 4 is 6.09 Å². The van der Waals surface area contributed by atoms with Gasteiger partial charge in [-0.15, -0.1) is 0 Å². The molecule has 1 heterocycles. The normalized spacial score (nSPS) is 19.8. The van der Waals surface area contributed by atoms with Crippen LogP contribution in [0.2, 0.25) is 0 Å². The lowest BCUT2D eigenvalue weighted by atomic mass is 9.98. The number of ether oxygens (including phenoxy) is 2. The molecule has 1 atom stereocenters. The lowest BCUT2D eigenvalue weighted by Crippen LogP contribution is -2.57. The van der Waals surface area contributed by atoms with Crippen LogP contribution < -0.4 is 4.74 Å². The molecule has 0 bridgehead atoms. The number of carbonyl (C=O) groups excluding carboxylic acids is 1. The molecule has 0 radical (unpaired) electrons. The van der Waals surface area contributed by atoms with Gasteiger partial charge in [-0.25, -0.2) is 9.18 Å². The van der Waals surface area contributed by atoms with Gasteiger partial charge >= 0.3 is 6.09 Å². The fourth-order valence-corrected chi connectivity index (χ4v) is 2.74. The second-order valence-corrected chi connectivity index (χ2v) is 6.43. The molecule has 3 rings (SSSR count). The minimum atomic E-state index is -0.534. The number of amides is 1. The van der Waals surface area contributed by atoms with E-state index in [0.717, 1.165) is 0 Å². The fourth-order valence-electron chi connectivity index (χ4n) is 2.74. The van der Waals surface area contributed by atoms with Crippen molar-refractivity contribution in [2.75, 3.05) is 13.2 Å². The summed E-state index contributed by atoms with van der Waals surface area (Å²) in [5.74, 6) is 0.144. The van der Waals surface area contributed by atoms with Crippen LogP contribution in [0.15, 0.2) is 54.6 Å². The van der Waals surface area contributed by atoms with E-state index in [1.165, 1.54) is 6.07 Å². The van der Waals surface area contributed by atoms with Crippen molar-refractivity contribution in [3.8, 4) is 5.75 Å². The fraction of sp³-hybridized carbons (Fsp3) is 0.316. The van der Waals surface area contributed by atoms with Gasteiger partial charge in [0.2, 0.25) is 0 Å². The van der Waals surface area contributed by atoms with E-state index in [9.17, 15) is 9.18 Å². The van der Waals surface area contributed by atoms with Gasteiger partial charge in [-0.3, -0.25) is 4.90 Å². The average molecular weight is 329 g/mol. The van der Waals surface area contributed by atoms with Gasteiger partial charge in [0.15, 0.2) is 0 Å². The topological polar surface area (TPSA) is 38.8 Å². The first-order chi connectivity index (χ1) is 11.5. The van der Waals surface area contributed by atoms with Gasteiger partial charge in [0.05, 0.1) is 18.7 Å². The smallest absolute Gasteiger partial charge is 0.410 e. The van der Waals surface area contributed by atoms with Gasteiger partial charge in [-0.1, -0.05) is 36.4 Å². The van der Waals surface area contributed by atoms with Gasteiger partial charge in [0, 0.05) is 5.56 Å². The first-order valence-corrected chi connectivity index (χ1v) is 7.88. The van der Waals surface area contributed by atoms with Gasteiger partial charge in [0.1, 0.15) is 17.7 Å². The van der Waals surface area contributed by atoms with Crippen molar-refractivity contribution < 1.29 is 18.7 Å². The van der Waals surface area contributed by atoms with E-state index in [0.29, 0.717) is 17.9 Å². The molecule has 1 unspecified atom stereocenters. The number of halogens is 1. The van der Waals surface area contributed by atoms with Crippen LogP contribution in [0.25, 0.3) is 0 Å². The zero-order valence-corrected chi connectivity index (χ0v) is 13.7. The molecule has 1 saturated heterocycles. The highest BCUT2D eigenvalue weighted by Gasteiger charge is 2.40. The average Bonchev–Trinajstić information content (AvgIpc) is 2.56. The SMILES string of the molecule is CC1(C)COC(c2ccccc2F)CN1C(=O)Oc1ccccc1. The van der Waals surface area contributed by atoms with Crippen molar-refractivity contribution in [3.05, 3.63) is 66.0 Å². The number of rotatable bonds is 2. The number of benzene rings is 2. The molecule has 1 amide bonds. The van der Waals surface area contributed by atoms with E-state index >= 15 is 0 Å². The molecule has 0 saturated carbocycles. The minimum Gasteiger partial charge on any atom is -0.410 e. The number of hydrogen-bond donors (Lipinski definition) is 0. The molecule has 0 spiro atoms. The molecule has 2 aromatic rings. The third-order valence-corrected chi connectivity index (χ3v) is 4.14. The molecule has 0 aromatic heterocycles. The summed E-state index contributed by atoms with van der Waals surface area (Å²) in [4.78, 5) is 14.2. The van der Waals surface area contributed by atoms with E-state index in [1.807, 2.05) is 19.9 Å². The van der Waals surface area contributed by atoms with Gasteiger partial charge in [0.25, 0.3) is 0 Å². The third kappa shape index (κ3) is 3.41. The Bertz CT molecular complexity index is 718. The molecule has 1 aliphatic heterocycles. The molecule has 1 aliphatic rings. The second-order valence-electron chi connectivity index (χ2n) is 6.43. The minimum absolute atomic E-state index is 0.236. The summed E-state index contributed by atoms with van der Waals surface area (Å²) in [5.41, 5.74) is -0.0846. The van der Waals surface area contributed by atoms with Crippen LogP contribution >= 0.6 is 0 Å². The maximum Gasteiger partial charge on any atom is 0.415 e. The summed E-state index contributed by atoms with van der Waals surface area (Å²) in [6.07, 6.45) is -0.974. The molecular formula is C19H20FNO3. The molecule has 24 heavy (non-hydrogen) atoms. The first-order valence-electron chi connectivity index (χ1n) is 7.88. The number of carbonyl (C=O) groups is 1. The predicted octanol–water partition coefficient (Wildman–Crippen LogP) is 4.18. The van der Waals surface area contributed by atoms with Gasteiger partial charge in [-0.05, 0) is 32.0 Å². The molecule has 0 N–H and O–H groups in total. The highest BCUT2D eigenvalue weighted by molar-refractivity contribution is 5.71. The van der Waals surface area contributed by atoms with E-state index in [2.05, 4.69) is 0 Å². The van der Waals surface area contributed by atoms with Crippen LogP contribution in [0.1, 0.15) is 25.5 Å². The van der Waals surface area contributed by atoms with Crippen molar-refractivity contribution in [1.29, 1.82) is 0 Å². The summed E-state index contributed by atoms with van der Waals surface area (Å²) in [7, 11) is 0. The Kier molecular flexibility index (Phi) is 4.53. The van der Waals surface area contributed by atoms with Crippen LogP contribution in [0.5, 0.6) is 5.75 Å². The van der Waals surface area contributed by atoms with Crippen LogP contribution in [0.3, 0.4) is 0 Å². The van der Waals surface area contributed by atoms with Crippen LogP contribution in [0, 0.1) is 5.82 Å². The lowest BCUT2D eigenvalue weighted by molar-refractivity contribution is -0.0875. The maximum atomic E-state index is 14.0. The largest absolute Gasteiger partial charge is 0.415 e. The van der Waals surface area contributed by atoms with E-state index < -0.39 is 17.7 Å². The summed E-state index contributed by atoms with van der Waals surface area (Å²) in [5, 5.41) is 0. The van der Waals surface area contributed by atoms with E-state index in [4.69, 9.17) is 9.47 Å². The van der Waals surface area contributed by atoms with Gasteiger partial charge < -0.3 is 9.47 Å². The standard InChI is InChI=1S/C19H20FNO3/c1-19(2)13-23-17(15-10-6-7-11-16(15)20)12-21(19)18(22)24-14-8-4-3-5-9-14/h3-11,17H,12-13H2,1-2H3. The third-order valence-electron chi connectivity index (χ3n) is 4.14. The van der Waals surface area contributed by atoms with E-state index in [1.54, 1.807) is 47.4 Å². The Morgan fingerprint density at radius 2 is 1.83 bits per heavy atom. The molecular weight excluding hydrogens is 309 g/mol. The number of hydrogen-bond acceptors (Lipinski definition) is 3. The van der Waals surface area contributed by atoms with Crippen molar-refractivity contribution in [2.45, 2.75) is 25.5 Å². The van der Waals surface area contributed by atoms with Crippen LogP contribution in [-0.4, -0.2) is 29.7 Å². The summed E-state index contributed by atoms with van der Waals surface area (Å²) in [6, 6.07) is 15.4. The second kappa shape index (κ2) is 6.61. The summed E-state index contributed by atoms with van der Waals surface area (Å²) in [6.45, 7) is 4.34. The van der Waals surface area contributed by atoms with Crippen molar-refractivity contribution in [2.24, 2.45) is 0 Å². The zero-order valence-electron chi connectivity index (χ0n) is 13.7. The quantitative estimate of drug-likeness (QED) is 0.830. The monoisotopic (exact) mass is 329 g/mol. The zero-order chi connectivity index (χ0) is 17.2. The lowest BCUT2D eigenvalue weighted by Gasteiger charge is -2.44. The van der Waals surface area contributed by atoms with Crippen molar-refractivity contribution in [3.63, 3.8) is 0 Å². The summed E-state index contributed by atoms with van der Waals surface area (Å²) >= 11 is 0. The van der Waals surface area contributed by atoms with E-state index in [-0.39, 0.29) is 12.4 Å². The summed E-state index contributed by atoms with van der Waals surface area (Å²) < 4.78 is 25.3. The molecule has 126 valence electrons. The highest BCUT2D eigenvalue weighted by Crippen LogP contribution is 2.32.